The minimum atomic E-state index is -0.957. The van der Waals surface area contributed by atoms with E-state index in [9.17, 15) is 4.39 Å². The molecule has 1 heterocycles. The Morgan fingerprint density at radius 2 is 1.69 bits per heavy atom. The van der Waals surface area contributed by atoms with Crippen LogP contribution in [0, 0.1) is 11.2 Å². The lowest BCUT2D eigenvalue weighted by Gasteiger charge is -2.41. The van der Waals surface area contributed by atoms with Gasteiger partial charge in [-0.1, -0.05) is 61.9 Å². The van der Waals surface area contributed by atoms with E-state index in [0.717, 1.165) is 12.0 Å². The van der Waals surface area contributed by atoms with Crippen LogP contribution in [0.1, 0.15) is 39.7 Å². The predicted octanol–water partition coefficient (Wildman–Crippen LogP) is 4.88. The maximum Gasteiger partial charge on any atom is 0.194 e. The first-order chi connectivity index (χ1) is 12.3. The van der Waals surface area contributed by atoms with Gasteiger partial charge in [-0.15, -0.1) is 0 Å². The molecule has 0 saturated carbocycles. The van der Waals surface area contributed by atoms with Crippen LogP contribution < -0.4 is 0 Å². The Morgan fingerprint density at radius 3 is 2.31 bits per heavy atom. The third-order valence-electron chi connectivity index (χ3n) is 4.40. The fraction of sp³-hybridized carbons (Fsp3) is 0.455. The molecule has 142 valence electrons. The second-order valence-electron chi connectivity index (χ2n) is 7.62. The molecule has 4 heteroatoms. The highest BCUT2D eigenvalue weighted by Gasteiger charge is 2.39. The highest BCUT2D eigenvalue weighted by atomic mass is 19.1. The van der Waals surface area contributed by atoms with Crippen molar-refractivity contribution >= 4 is 0 Å². The average Bonchev–Trinajstić information content (AvgIpc) is 2.83. The van der Waals surface area contributed by atoms with Gasteiger partial charge in [-0.05, 0) is 31.9 Å². The summed E-state index contributed by atoms with van der Waals surface area (Å²) in [6.45, 7) is 9.24. The molecule has 1 aromatic rings. The van der Waals surface area contributed by atoms with Crippen molar-refractivity contribution < 1.29 is 19.0 Å². The maximum absolute atomic E-state index is 13.7. The molecule has 3 rings (SSSR count). The summed E-state index contributed by atoms with van der Waals surface area (Å²) in [4.78, 5) is 0. The maximum atomic E-state index is 13.7. The molecule has 0 radical (unpaired) electrons. The normalized spacial score (nSPS) is 21.0. The summed E-state index contributed by atoms with van der Waals surface area (Å²) in [6, 6.07) is 6.58. The third kappa shape index (κ3) is 5.63. The highest BCUT2D eigenvalue weighted by molar-refractivity contribution is 5.31. The van der Waals surface area contributed by atoms with Gasteiger partial charge in [-0.3, -0.25) is 0 Å². The van der Waals surface area contributed by atoms with Gasteiger partial charge in [0.15, 0.2) is 5.79 Å². The third-order valence-corrected chi connectivity index (χ3v) is 4.40. The molecule has 0 bridgehead atoms. The fourth-order valence-corrected chi connectivity index (χ4v) is 2.62. The van der Waals surface area contributed by atoms with Crippen molar-refractivity contribution in [2.24, 2.45) is 5.41 Å². The Balaban J connectivity index is 0.000000209. The van der Waals surface area contributed by atoms with Gasteiger partial charge in [0.05, 0.1) is 19.8 Å². The van der Waals surface area contributed by atoms with E-state index in [2.05, 4.69) is 26.8 Å². The second-order valence-corrected chi connectivity index (χ2v) is 7.62. The van der Waals surface area contributed by atoms with E-state index >= 15 is 0 Å². The summed E-state index contributed by atoms with van der Waals surface area (Å²) < 4.78 is 25.0. The zero-order chi connectivity index (χ0) is 19.2. The number of ether oxygens (including phenoxy) is 2. The van der Waals surface area contributed by atoms with Crippen LogP contribution in [0.2, 0.25) is 0 Å². The van der Waals surface area contributed by atoms with Gasteiger partial charge < -0.3 is 14.6 Å². The van der Waals surface area contributed by atoms with Gasteiger partial charge in [0.2, 0.25) is 0 Å². The van der Waals surface area contributed by atoms with Crippen LogP contribution in [0.3, 0.4) is 0 Å². The van der Waals surface area contributed by atoms with Crippen molar-refractivity contribution in [3.8, 4) is 0 Å². The number of hydrogen-bond donors (Lipinski definition) is 1. The molecular formula is C22H29FO3. The lowest BCUT2D eigenvalue weighted by atomic mass is 9.93. The first kappa shape index (κ1) is 20.6. The van der Waals surface area contributed by atoms with Gasteiger partial charge in [0, 0.05) is 11.0 Å². The van der Waals surface area contributed by atoms with Crippen molar-refractivity contribution in [3.63, 3.8) is 0 Å². The van der Waals surface area contributed by atoms with Gasteiger partial charge in [0.1, 0.15) is 5.82 Å². The van der Waals surface area contributed by atoms with Crippen molar-refractivity contribution in [3.05, 3.63) is 71.1 Å². The van der Waals surface area contributed by atoms with Gasteiger partial charge >= 0.3 is 0 Å². The number of rotatable bonds is 2. The van der Waals surface area contributed by atoms with E-state index < -0.39 is 5.79 Å². The van der Waals surface area contributed by atoms with Crippen LogP contribution in [0.4, 0.5) is 4.39 Å². The molecule has 1 aliphatic carbocycles. The van der Waals surface area contributed by atoms with Crippen LogP contribution in [0.5, 0.6) is 0 Å². The molecule has 1 aromatic carbocycles. The largest absolute Gasteiger partial charge is 0.392 e. The standard InChI is InChI=1S/C13H17FO2.C9H12O/c1-12(2)8-15-13(3,16-9-12)10-6-4-5-7-11(10)14;1-8-3-2-4-9(7-10)6-5-8/h4-7H,8-9H2,1-3H3;3-6,10H,2,7H2,1H3. The molecule has 1 fully saturated rings. The van der Waals surface area contributed by atoms with E-state index in [4.69, 9.17) is 14.6 Å². The molecule has 0 aromatic heterocycles. The molecule has 26 heavy (non-hydrogen) atoms. The summed E-state index contributed by atoms with van der Waals surface area (Å²) in [7, 11) is 0. The van der Waals surface area contributed by atoms with E-state index in [0.29, 0.717) is 18.8 Å². The van der Waals surface area contributed by atoms with Gasteiger partial charge in [-0.25, -0.2) is 4.39 Å². The van der Waals surface area contributed by atoms with E-state index in [-0.39, 0.29) is 17.8 Å². The SMILES string of the molecule is CC1(C)COC(C)(c2ccccc2F)OC1.CC1=CCC=C(CO)C=C1. The van der Waals surface area contributed by atoms with Crippen molar-refractivity contribution in [2.75, 3.05) is 19.8 Å². The van der Waals surface area contributed by atoms with Crippen molar-refractivity contribution in [2.45, 2.75) is 39.9 Å². The monoisotopic (exact) mass is 360 g/mol. The average molecular weight is 360 g/mol. The number of aliphatic hydroxyl groups is 1. The number of aliphatic hydroxyl groups excluding tert-OH is 1. The van der Waals surface area contributed by atoms with Crippen molar-refractivity contribution in [1.82, 2.24) is 0 Å². The van der Waals surface area contributed by atoms with Crippen molar-refractivity contribution in [1.29, 1.82) is 0 Å². The summed E-state index contributed by atoms with van der Waals surface area (Å²) in [6.07, 6.45) is 9.09. The van der Waals surface area contributed by atoms with Gasteiger partial charge in [-0.2, -0.15) is 0 Å². The summed E-state index contributed by atoms with van der Waals surface area (Å²) in [5.74, 6) is -1.24. The second kappa shape index (κ2) is 8.76. The predicted molar refractivity (Wildman–Crippen MR) is 102 cm³/mol. The minimum absolute atomic E-state index is 0.00916. The van der Waals surface area contributed by atoms with E-state index in [1.54, 1.807) is 25.1 Å². The topological polar surface area (TPSA) is 38.7 Å². The first-order valence-electron chi connectivity index (χ1n) is 8.93. The molecule has 0 spiro atoms. The van der Waals surface area contributed by atoms with Crippen LogP contribution in [-0.4, -0.2) is 24.9 Å². The lowest BCUT2D eigenvalue weighted by molar-refractivity contribution is -0.299. The summed E-state index contributed by atoms with van der Waals surface area (Å²) in [5, 5.41) is 8.76. The smallest absolute Gasteiger partial charge is 0.194 e. The molecule has 2 aliphatic rings. The molecule has 1 aliphatic heterocycles. The molecule has 1 N–H and O–H groups in total. The summed E-state index contributed by atoms with van der Waals surface area (Å²) >= 11 is 0. The Labute approximate surface area is 155 Å². The number of benzene rings is 1. The van der Waals surface area contributed by atoms with Crippen LogP contribution in [0.15, 0.2) is 59.7 Å². The van der Waals surface area contributed by atoms with Crippen LogP contribution >= 0.6 is 0 Å². The van der Waals surface area contributed by atoms with Crippen LogP contribution in [0.25, 0.3) is 0 Å². The molecular weight excluding hydrogens is 331 g/mol. The zero-order valence-electron chi connectivity index (χ0n) is 16.1. The molecule has 3 nitrogen and oxygen atoms in total. The summed E-state index contributed by atoms with van der Waals surface area (Å²) in [5.41, 5.74) is 2.73. The molecule has 1 saturated heterocycles. The molecule has 0 unspecified atom stereocenters. The first-order valence-corrected chi connectivity index (χ1v) is 8.93. The Hall–Kier alpha value is -1.75. The fourth-order valence-electron chi connectivity index (χ4n) is 2.62. The number of allylic oxidation sites excluding steroid dienone is 4. The Morgan fingerprint density at radius 1 is 1.04 bits per heavy atom. The zero-order valence-corrected chi connectivity index (χ0v) is 16.1. The quantitative estimate of drug-likeness (QED) is 0.817. The minimum Gasteiger partial charge on any atom is -0.392 e. The van der Waals surface area contributed by atoms with E-state index in [1.807, 2.05) is 18.2 Å². The number of hydrogen-bond acceptors (Lipinski definition) is 3. The van der Waals surface area contributed by atoms with Gasteiger partial charge in [0.25, 0.3) is 0 Å². The Kier molecular flexibility index (Phi) is 6.93. The van der Waals surface area contributed by atoms with Crippen LogP contribution in [-0.2, 0) is 15.3 Å². The Bertz CT molecular complexity index is 691. The number of halogens is 1. The molecule has 0 amide bonds. The van der Waals surface area contributed by atoms with E-state index in [1.165, 1.54) is 11.6 Å². The lowest BCUT2D eigenvalue weighted by Crippen LogP contribution is -2.44. The highest BCUT2D eigenvalue weighted by Crippen LogP contribution is 2.36. The molecule has 0 atom stereocenters.